The van der Waals surface area contributed by atoms with Crippen LogP contribution in [0.3, 0.4) is 0 Å². The maximum absolute atomic E-state index is 12.9. The summed E-state index contributed by atoms with van der Waals surface area (Å²) >= 11 is 5.86. The van der Waals surface area contributed by atoms with E-state index in [1.165, 1.54) is 16.4 Å². The summed E-state index contributed by atoms with van der Waals surface area (Å²) in [5.41, 5.74) is 0. The molecule has 0 aliphatic carbocycles. The van der Waals surface area contributed by atoms with Gasteiger partial charge in [0.2, 0.25) is 15.9 Å². The summed E-state index contributed by atoms with van der Waals surface area (Å²) in [5.74, 6) is 0.766. The number of hydrogen-bond donors (Lipinski definition) is 1. The van der Waals surface area contributed by atoms with Gasteiger partial charge in [0.15, 0.2) is 11.5 Å². The summed E-state index contributed by atoms with van der Waals surface area (Å²) < 4.78 is 38.7. The Hall–Kier alpha value is -2.29. The molecule has 4 rings (SSSR count). The van der Waals surface area contributed by atoms with Crippen LogP contribution in [0.25, 0.3) is 0 Å². The van der Waals surface area contributed by atoms with Gasteiger partial charge in [-0.2, -0.15) is 4.31 Å². The van der Waals surface area contributed by atoms with Gasteiger partial charge in [-0.1, -0.05) is 23.7 Å². The first-order chi connectivity index (χ1) is 14.4. The van der Waals surface area contributed by atoms with E-state index in [0.717, 1.165) is 0 Å². The van der Waals surface area contributed by atoms with E-state index in [1.54, 1.807) is 12.1 Å². The summed E-state index contributed by atoms with van der Waals surface area (Å²) in [6, 6.07) is 13.5. The molecule has 160 valence electrons. The number of carbonyl (C=O) groups excluding carboxylic acids is 1. The molecule has 0 saturated carbocycles. The van der Waals surface area contributed by atoms with Crippen molar-refractivity contribution in [2.45, 2.75) is 23.8 Å². The number of piperidine rings is 1. The number of sulfonamides is 1. The number of amides is 1. The van der Waals surface area contributed by atoms with Crippen molar-refractivity contribution in [1.82, 2.24) is 9.62 Å². The van der Waals surface area contributed by atoms with Gasteiger partial charge in [-0.15, -0.1) is 0 Å². The number of halogens is 1. The van der Waals surface area contributed by atoms with Crippen molar-refractivity contribution in [1.29, 1.82) is 0 Å². The van der Waals surface area contributed by atoms with Crippen LogP contribution in [-0.2, 0) is 14.8 Å². The predicted octanol–water partition coefficient (Wildman–Crippen LogP) is 2.70. The summed E-state index contributed by atoms with van der Waals surface area (Å²) in [6.45, 7) is 1.19. The topological polar surface area (TPSA) is 84.9 Å². The van der Waals surface area contributed by atoms with E-state index >= 15 is 0 Å². The average molecular weight is 451 g/mol. The molecule has 2 atom stereocenters. The van der Waals surface area contributed by atoms with E-state index in [4.69, 9.17) is 21.1 Å². The third-order valence-corrected chi connectivity index (χ3v) is 7.41. The molecule has 2 aliphatic heterocycles. The Morgan fingerprint density at radius 2 is 1.87 bits per heavy atom. The normalized spacial score (nSPS) is 21.8. The first kappa shape index (κ1) is 21.0. The van der Waals surface area contributed by atoms with E-state index in [1.807, 2.05) is 24.3 Å². The fraction of sp³-hybridized carbons (Fsp3) is 0.381. The Morgan fingerprint density at radius 3 is 2.63 bits per heavy atom. The molecule has 2 aromatic rings. The number of hydrogen-bond acceptors (Lipinski definition) is 5. The number of nitrogens with one attached hydrogen (secondary N) is 1. The van der Waals surface area contributed by atoms with Crippen LogP contribution in [0.15, 0.2) is 53.4 Å². The maximum atomic E-state index is 12.9. The first-order valence-corrected chi connectivity index (χ1v) is 11.7. The Morgan fingerprint density at radius 1 is 1.13 bits per heavy atom. The smallest absolute Gasteiger partial charge is 0.243 e. The second-order valence-corrected chi connectivity index (χ2v) is 9.77. The van der Waals surface area contributed by atoms with E-state index in [-0.39, 0.29) is 23.5 Å². The molecule has 1 N–H and O–H groups in total. The highest BCUT2D eigenvalue weighted by molar-refractivity contribution is 7.89. The van der Waals surface area contributed by atoms with Gasteiger partial charge in [0.05, 0.1) is 17.4 Å². The van der Waals surface area contributed by atoms with Gasteiger partial charge >= 0.3 is 0 Å². The standard InChI is InChI=1S/C21H23ClN2O5S/c22-16-7-9-18(10-8-16)30(26,27)24-11-3-4-15(13-24)21(25)23-12-17-14-28-19-5-1-2-6-20(19)29-17/h1-2,5-10,15,17H,3-4,11-14H2,(H,23,25). The highest BCUT2D eigenvalue weighted by Gasteiger charge is 2.33. The Bertz CT molecular complexity index is 1010. The van der Waals surface area contributed by atoms with Crippen LogP contribution < -0.4 is 14.8 Å². The monoisotopic (exact) mass is 450 g/mol. The van der Waals surface area contributed by atoms with Crippen LogP contribution >= 0.6 is 11.6 Å². The molecule has 2 aliphatic rings. The number of para-hydroxylation sites is 2. The highest BCUT2D eigenvalue weighted by atomic mass is 35.5. The van der Waals surface area contributed by atoms with Crippen LogP contribution in [0, 0.1) is 5.92 Å². The summed E-state index contributed by atoms with van der Waals surface area (Å²) in [7, 11) is -3.66. The molecule has 9 heteroatoms. The largest absolute Gasteiger partial charge is 0.486 e. The minimum atomic E-state index is -3.66. The number of rotatable bonds is 5. The van der Waals surface area contributed by atoms with Crippen molar-refractivity contribution in [3.05, 3.63) is 53.6 Å². The zero-order valence-electron chi connectivity index (χ0n) is 16.3. The van der Waals surface area contributed by atoms with E-state index in [2.05, 4.69) is 5.32 Å². The zero-order valence-corrected chi connectivity index (χ0v) is 17.9. The lowest BCUT2D eigenvalue weighted by atomic mass is 9.99. The molecule has 2 aromatic carbocycles. The number of ether oxygens (including phenoxy) is 2. The highest BCUT2D eigenvalue weighted by Crippen LogP contribution is 2.31. The lowest BCUT2D eigenvalue weighted by Gasteiger charge is -2.32. The SMILES string of the molecule is O=C(NCC1COc2ccccc2O1)C1CCCN(S(=O)(=O)c2ccc(Cl)cc2)C1. The van der Waals surface area contributed by atoms with E-state index in [9.17, 15) is 13.2 Å². The molecule has 0 radical (unpaired) electrons. The number of carbonyl (C=O) groups is 1. The van der Waals surface area contributed by atoms with Crippen LogP contribution in [0.2, 0.25) is 5.02 Å². The van der Waals surface area contributed by atoms with Crippen molar-refractivity contribution in [3.63, 3.8) is 0 Å². The summed E-state index contributed by atoms with van der Waals surface area (Å²) in [6.07, 6.45) is 0.978. The fourth-order valence-corrected chi connectivity index (χ4v) is 5.30. The van der Waals surface area contributed by atoms with Crippen LogP contribution in [0.5, 0.6) is 11.5 Å². The minimum Gasteiger partial charge on any atom is -0.486 e. The van der Waals surface area contributed by atoms with Gasteiger partial charge < -0.3 is 14.8 Å². The van der Waals surface area contributed by atoms with Crippen molar-refractivity contribution >= 4 is 27.5 Å². The molecule has 1 amide bonds. The lowest BCUT2D eigenvalue weighted by Crippen LogP contribution is -2.48. The number of nitrogens with zero attached hydrogens (tertiary/aromatic N) is 1. The van der Waals surface area contributed by atoms with Gasteiger partial charge in [0.1, 0.15) is 12.7 Å². The van der Waals surface area contributed by atoms with E-state index in [0.29, 0.717) is 49.1 Å². The Kier molecular flexibility index (Phi) is 6.17. The Labute approximate surface area is 181 Å². The first-order valence-electron chi connectivity index (χ1n) is 9.85. The van der Waals surface area contributed by atoms with Gasteiger partial charge in [-0.05, 0) is 49.2 Å². The number of fused-ring (bicyclic) bond motifs is 1. The van der Waals surface area contributed by atoms with Crippen LogP contribution in [0.4, 0.5) is 0 Å². The van der Waals surface area contributed by atoms with E-state index < -0.39 is 15.9 Å². The van der Waals surface area contributed by atoms with Gasteiger partial charge in [0, 0.05) is 18.1 Å². The van der Waals surface area contributed by atoms with Gasteiger partial charge in [-0.25, -0.2) is 8.42 Å². The molecule has 1 saturated heterocycles. The maximum Gasteiger partial charge on any atom is 0.243 e. The average Bonchev–Trinajstić information content (AvgIpc) is 2.77. The second-order valence-electron chi connectivity index (χ2n) is 7.40. The van der Waals surface area contributed by atoms with Crippen molar-refractivity contribution in [2.24, 2.45) is 5.92 Å². The molecule has 2 unspecified atom stereocenters. The summed E-state index contributed by atoms with van der Waals surface area (Å²) in [4.78, 5) is 12.9. The lowest BCUT2D eigenvalue weighted by molar-refractivity contribution is -0.126. The molecular formula is C21H23ClN2O5S. The van der Waals surface area contributed by atoms with Crippen molar-refractivity contribution < 1.29 is 22.7 Å². The quantitative estimate of drug-likeness (QED) is 0.757. The molecule has 30 heavy (non-hydrogen) atoms. The van der Waals surface area contributed by atoms with Crippen molar-refractivity contribution in [3.8, 4) is 11.5 Å². The third-order valence-electron chi connectivity index (χ3n) is 5.28. The Balaban J connectivity index is 1.34. The molecule has 2 heterocycles. The zero-order chi connectivity index (χ0) is 21.1. The fourth-order valence-electron chi connectivity index (χ4n) is 3.65. The molecule has 0 bridgehead atoms. The van der Waals surface area contributed by atoms with Gasteiger partial charge in [-0.3, -0.25) is 4.79 Å². The second kappa shape index (κ2) is 8.83. The molecule has 7 nitrogen and oxygen atoms in total. The minimum absolute atomic E-state index is 0.154. The van der Waals surface area contributed by atoms with Crippen LogP contribution in [0.1, 0.15) is 12.8 Å². The number of benzene rings is 2. The molecule has 0 aromatic heterocycles. The molecule has 0 spiro atoms. The van der Waals surface area contributed by atoms with Gasteiger partial charge in [0.25, 0.3) is 0 Å². The molecule has 1 fully saturated rings. The summed E-state index contributed by atoms with van der Waals surface area (Å²) in [5, 5.41) is 3.36. The van der Waals surface area contributed by atoms with Crippen molar-refractivity contribution in [2.75, 3.05) is 26.2 Å². The molecular weight excluding hydrogens is 428 g/mol. The van der Waals surface area contributed by atoms with Crippen LogP contribution in [-0.4, -0.2) is 51.0 Å². The predicted molar refractivity (Wildman–Crippen MR) is 112 cm³/mol. The third kappa shape index (κ3) is 4.55.